The molecule has 1 saturated heterocycles. The molecule has 1 unspecified atom stereocenters. The van der Waals surface area contributed by atoms with Crippen LogP contribution in [0.1, 0.15) is 42.9 Å². The van der Waals surface area contributed by atoms with Gasteiger partial charge < -0.3 is 19.7 Å². The van der Waals surface area contributed by atoms with E-state index in [2.05, 4.69) is 36.5 Å². The maximum absolute atomic E-state index is 13.1. The number of likely N-dealkylation sites (tertiary alicyclic amines) is 1. The number of nitrogens with one attached hydrogen (secondary N) is 1. The molecule has 0 aliphatic carbocycles. The second-order valence-electron chi connectivity index (χ2n) is 7.26. The van der Waals surface area contributed by atoms with Crippen LogP contribution in [0.5, 0.6) is 11.5 Å². The van der Waals surface area contributed by atoms with E-state index in [-0.39, 0.29) is 12.1 Å². The second kappa shape index (κ2) is 7.91. The van der Waals surface area contributed by atoms with E-state index in [4.69, 9.17) is 9.47 Å². The van der Waals surface area contributed by atoms with Crippen molar-refractivity contribution in [3.63, 3.8) is 0 Å². The average molecular weight is 366 g/mol. The zero-order chi connectivity index (χ0) is 18.6. The van der Waals surface area contributed by atoms with Gasteiger partial charge in [0.2, 0.25) is 0 Å². The van der Waals surface area contributed by atoms with E-state index < -0.39 is 0 Å². The number of anilines is 1. The minimum Gasteiger partial charge on any atom is -0.486 e. The first-order valence-electron chi connectivity index (χ1n) is 9.74. The van der Waals surface area contributed by atoms with Gasteiger partial charge in [-0.25, -0.2) is 4.79 Å². The van der Waals surface area contributed by atoms with Crippen molar-refractivity contribution in [2.75, 3.05) is 25.1 Å². The smallest absolute Gasteiger partial charge is 0.322 e. The molecular weight excluding hydrogens is 340 g/mol. The van der Waals surface area contributed by atoms with Crippen LogP contribution in [0.15, 0.2) is 42.5 Å². The molecule has 1 fully saturated rings. The Morgan fingerprint density at radius 2 is 1.78 bits per heavy atom. The Labute approximate surface area is 160 Å². The van der Waals surface area contributed by atoms with Gasteiger partial charge in [0.25, 0.3) is 0 Å². The minimum atomic E-state index is -0.0563. The van der Waals surface area contributed by atoms with Crippen molar-refractivity contribution in [1.82, 2.24) is 4.90 Å². The van der Waals surface area contributed by atoms with E-state index in [1.54, 1.807) is 0 Å². The summed E-state index contributed by atoms with van der Waals surface area (Å²) in [6, 6.07) is 14.2. The molecular formula is C22H26N2O3. The van der Waals surface area contributed by atoms with E-state index in [0.717, 1.165) is 43.7 Å². The number of fused-ring (bicyclic) bond motifs is 1. The van der Waals surface area contributed by atoms with Crippen LogP contribution in [-0.2, 0) is 0 Å². The number of aryl methyl sites for hydroxylation is 1. The fourth-order valence-electron chi connectivity index (χ4n) is 3.80. The molecule has 27 heavy (non-hydrogen) atoms. The van der Waals surface area contributed by atoms with Crippen LogP contribution in [0, 0.1) is 6.92 Å². The summed E-state index contributed by atoms with van der Waals surface area (Å²) in [5, 5.41) is 3.05. The molecule has 5 nitrogen and oxygen atoms in total. The zero-order valence-corrected chi connectivity index (χ0v) is 15.7. The summed E-state index contributed by atoms with van der Waals surface area (Å²) < 4.78 is 11.2. The molecule has 2 aliphatic rings. The monoisotopic (exact) mass is 366 g/mol. The first-order valence-corrected chi connectivity index (χ1v) is 9.74. The molecule has 2 amide bonds. The van der Waals surface area contributed by atoms with Crippen molar-refractivity contribution in [3.05, 3.63) is 53.6 Å². The molecule has 0 bridgehead atoms. The number of benzene rings is 2. The number of urea groups is 1. The lowest BCUT2D eigenvalue weighted by Crippen LogP contribution is -2.38. The Kier molecular flexibility index (Phi) is 5.19. The first-order chi connectivity index (χ1) is 13.2. The van der Waals surface area contributed by atoms with Gasteiger partial charge in [-0.1, -0.05) is 42.7 Å². The zero-order valence-electron chi connectivity index (χ0n) is 15.7. The van der Waals surface area contributed by atoms with Gasteiger partial charge in [0.15, 0.2) is 11.5 Å². The number of carbonyl (C=O) groups is 1. The molecule has 0 saturated carbocycles. The van der Waals surface area contributed by atoms with Crippen molar-refractivity contribution in [3.8, 4) is 11.5 Å². The summed E-state index contributed by atoms with van der Waals surface area (Å²) in [5.74, 6) is 1.41. The molecule has 0 spiro atoms. The maximum Gasteiger partial charge on any atom is 0.322 e. The van der Waals surface area contributed by atoms with Crippen LogP contribution >= 0.6 is 0 Å². The van der Waals surface area contributed by atoms with Crippen LogP contribution in [0.2, 0.25) is 0 Å². The third-order valence-electron chi connectivity index (χ3n) is 5.27. The molecule has 2 aliphatic heterocycles. The Morgan fingerprint density at radius 1 is 1.00 bits per heavy atom. The van der Waals surface area contributed by atoms with Gasteiger partial charge in [-0.15, -0.1) is 0 Å². The number of ether oxygens (including phenoxy) is 2. The van der Waals surface area contributed by atoms with Crippen molar-refractivity contribution in [2.24, 2.45) is 0 Å². The molecule has 2 aromatic rings. The van der Waals surface area contributed by atoms with Crippen molar-refractivity contribution >= 4 is 11.7 Å². The standard InChI is InChI=1S/C22H26N2O3/c1-16-6-8-17(9-7-16)19-5-3-2-4-12-24(19)22(25)23-18-10-11-20-21(15-18)27-14-13-26-20/h6-11,15,19H,2-5,12-14H2,1H3,(H,23,25). The summed E-state index contributed by atoms with van der Waals surface area (Å²) in [7, 11) is 0. The molecule has 0 radical (unpaired) electrons. The Morgan fingerprint density at radius 3 is 2.59 bits per heavy atom. The lowest BCUT2D eigenvalue weighted by Gasteiger charge is -2.31. The van der Waals surface area contributed by atoms with E-state index in [9.17, 15) is 4.79 Å². The van der Waals surface area contributed by atoms with Gasteiger partial charge in [0.05, 0.1) is 6.04 Å². The molecule has 5 heteroatoms. The van der Waals surface area contributed by atoms with E-state index >= 15 is 0 Å². The second-order valence-corrected chi connectivity index (χ2v) is 7.26. The van der Waals surface area contributed by atoms with Crippen LogP contribution in [0.3, 0.4) is 0 Å². The number of hydrogen-bond donors (Lipinski definition) is 1. The Hall–Kier alpha value is -2.69. The van der Waals surface area contributed by atoms with E-state index in [0.29, 0.717) is 19.0 Å². The van der Waals surface area contributed by atoms with Gasteiger partial charge in [0.1, 0.15) is 13.2 Å². The summed E-state index contributed by atoms with van der Waals surface area (Å²) in [6.07, 6.45) is 4.34. The summed E-state index contributed by atoms with van der Waals surface area (Å²) >= 11 is 0. The molecule has 1 N–H and O–H groups in total. The van der Waals surface area contributed by atoms with Gasteiger partial charge in [-0.3, -0.25) is 0 Å². The van der Waals surface area contributed by atoms with Gasteiger partial charge in [0, 0.05) is 18.3 Å². The summed E-state index contributed by atoms with van der Waals surface area (Å²) in [6.45, 7) is 3.95. The van der Waals surface area contributed by atoms with Gasteiger partial charge >= 0.3 is 6.03 Å². The quantitative estimate of drug-likeness (QED) is 0.821. The van der Waals surface area contributed by atoms with Crippen LogP contribution < -0.4 is 14.8 Å². The predicted molar refractivity (Wildman–Crippen MR) is 106 cm³/mol. The summed E-state index contributed by atoms with van der Waals surface area (Å²) in [4.78, 5) is 15.1. The predicted octanol–water partition coefficient (Wildman–Crippen LogP) is 4.92. The molecule has 0 aromatic heterocycles. The highest BCUT2D eigenvalue weighted by Gasteiger charge is 2.27. The SMILES string of the molecule is Cc1ccc(C2CCCCCN2C(=O)Nc2ccc3c(c2)OCCO3)cc1. The highest BCUT2D eigenvalue weighted by molar-refractivity contribution is 5.90. The summed E-state index contributed by atoms with van der Waals surface area (Å²) in [5.41, 5.74) is 3.18. The van der Waals surface area contributed by atoms with Crippen molar-refractivity contribution < 1.29 is 14.3 Å². The molecule has 2 heterocycles. The number of carbonyl (C=O) groups excluding carboxylic acids is 1. The third kappa shape index (κ3) is 4.02. The number of rotatable bonds is 2. The molecule has 142 valence electrons. The third-order valence-corrected chi connectivity index (χ3v) is 5.27. The number of hydrogen-bond acceptors (Lipinski definition) is 3. The van der Waals surface area contributed by atoms with Gasteiger partial charge in [-0.2, -0.15) is 0 Å². The highest BCUT2D eigenvalue weighted by atomic mass is 16.6. The van der Waals surface area contributed by atoms with Crippen molar-refractivity contribution in [2.45, 2.75) is 38.6 Å². The minimum absolute atomic E-state index is 0.0563. The molecule has 1 atom stereocenters. The largest absolute Gasteiger partial charge is 0.486 e. The van der Waals surface area contributed by atoms with E-state index in [1.165, 1.54) is 11.1 Å². The number of nitrogens with zero attached hydrogens (tertiary/aromatic N) is 1. The molecule has 4 rings (SSSR count). The molecule has 2 aromatic carbocycles. The topological polar surface area (TPSA) is 50.8 Å². The van der Waals surface area contributed by atoms with Crippen LogP contribution in [0.4, 0.5) is 10.5 Å². The Balaban J connectivity index is 1.53. The van der Waals surface area contributed by atoms with Gasteiger partial charge in [-0.05, 0) is 37.5 Å². The highest BCUT2D eigenvalue weighted by Crippen LogP contribution is 2.34. The fraction of sp³-hybridized carbons (Fsp3) is 0.409. The number of amides is 2. The normalized spacial score (nSPS) is 19.3. The van der Waals surface area contributed by atoms with E-state index in [1.807, 2.05) is 23.1 Å². The Bertz CT molecular complexity index is 804. The van der Waals surface area contributed by atoms with Crippen molar-refractivity contribution in [1.29, 1.82) is 0 Å². The van der Waals surface area contributed by atoms with Crippen LogP contribution in [-0.4, -0.2) is 30.7 Å². The maximum atomic E-state index is 13.1. The van der Waals surface area contributed by atoms with Crippen LogP contribution in [0.25, 0.3) is 0 Å². The lowest BCUT2D eigenvalue weighted by molar-refractivity contribution is 0.171. The first kappa shape index (κ1) is 17.7. The fourth-order valence-corrected chi connectivity index (χ4v) is 3.80. The lowest BCUT2D eigenvalue weighted by atomic mass is 10.00. The average Bonchev–Trinajstić information content (AvgIpc) is 2.95.